The molecule has 10 aromatic rings. The van der Waals surface area contributed by atoms with Crippen LogP contribution in [0.3, 0.4) is 0 Å². The minimum absolute atomic E-state index is 0.133. The zero-order chi connectivity index (χ0) is 64.4. The molecular formula is C75H77N9O6S. The number of para-hydroxylation sites is 4. The lowest BCUT2D eigenvalue weighted by Crippen LogP contribution is -2.28. The predicted octanol–water partition coefficient (Wildman–Crippen LogP) is 15.7. The molecule has 0 saturated heterocycles. The molecule has 16 heteroatoms. The summed E-state index contributed by atoms with van der Waals surface area (Å²) in [6.45, 7) is 16.6. The second-order valence-corrected chi connectivity index (χ2v) is 26.6. The summed E-state index contributed by atoms with van der Waals surface area (Å²) in [4.78, 5) is 85.2. The predicted molar refractivity (Wildman–Crippen MR) is 365 cm³/mol. The third kappa shape index (κ3) is 13.6. The van der Waals surface area contributed by atoms with E-state index in [0.717, 1.165) is 67.8 Å². The number of rotatable bonds is 14. The number of ether oxygens (including phenoxy) is 1. The Balaban J connectivity index is 1.07. The number of aromatic nitrogens is 4. The van der Waals surface area contributed by atoms with Gasteiger partial charge in [-0.3, -0.25) is 24.0 Å². The minimum Gasteiger partial charge on any atom is -0.483 e. The average Bonchev–Trinajstić information content (AvgIpc) is 1.78. The number of aromatic amines is 4. The van der Waals surface area contributed by atoms with Gasteiger partial charge in [0, 0.05) is 107 Å². The van der Waals surface area contributed by atoms with Gasteiger partial charge < -0.3 is 51.3 Å². The molecule has 91 heavy (non-hydrogen) atoms. The van der Waals surface area contributed by atoms with Crippen LogP contribution >= 0.6 is 12.6 Å². The summed E-state index contributed by atoms with van der Waals surface area (Å²) in [5, 5.41) is 16.0. The monoisotopic (exact) mass is 1230 g/mol. The molecular weight excluding hydrogens is 1150 g/mol. The number of amides is 5. The van der Waals surface area contributed by atoms with E-state index in [1.54, 1.807) is 42.5 Å². The molecule has 1 aliphatic heterocycles. The number of fused-ring (bicyclic) bond motifs is 8. The lowest BCUT2D eigenvalue weighted by molar-refractivity contribution is -0.123. The van der Waals surface area contributed by atoms with Crippen molar-refractivity contribution in [3.63, 3.8) is 0 Å². The molecule has 2 unspecified atom stereocenters. The standard InChI is InChI=1S/C75H77N9O6S/c1-73(2,3)70(87)82-51-29-18-14-25-46(51)66-57-36-34-55(76-57)65(45-24-13-17-28-50(45)80-64(85)42-90-63-33-21-32-54(49(63)43-91)81-69(86)44-22-11-10-12-23-44)56-35-37-58(77-56)67(47-26-15-19-30-52(47)83-71(88)74(4,5)6)60-39-41-62(79-60)68(61-40-38-59(66)78-61)48-27-16-20-31-53(48)84-72(89)75(7,8)9/h10-41,65-68,76-79,91H,42-43H2,1-9H3,(H,80,85)(H,81,86)(H,82,87)(H,83,88)(H,84,89). The third-order valence-corrected chi connectivity index (χ3v) is 16.8. The Morgan fingerprint density at radius 1 is 0.363 bits per heavy atom. The zero-order valence-electron chi connectivity index (χ0n) is 52.6. The molecule has 5 amide bonds. The van der Waals surface area contributed by atoms with E-state index in [4.69, 9.17) is 4.74 Å². The number of carbonyl (C=O) groups is 5. The van der Waals surface area contributed by atoms with Crippen LogP contribution in [-0.4, -0.2) is 56.1 Å². The van der Waals surface area contributed by atoms with Gasteiger partial charge in [-0.2, -0.15) is 12.6 Å². The third-order valence-electron chi connectivity index (χ3n) is 16.5. The number of nitrogens with one attached hydrogen (secondary N) is 9. The van der Waals surface area contributed by atoms with Crippen LogP contribution in [0.4, 0.5) is 28.4 Å². The SMILES string of the molecule is CC(C)(C)C(=O)Nc1ccccc1C1c2ccc([nH]2)C(c2ccccc2NC(=O)COc2cccc(NC(=O)c3ccccc3)c2CS)c2ccc([nH]2)C(c2ccccc2NC(=O)C(C)(C)C)c2ccc([nH]2)C(c2ccccc2NC(=O)C(C)(C)C)c2ccc1[nH]2. The van der Waals surface area contributed by atoms with E-state index in [2.05, 4.69) is 108 Å². The van der Waals surface area contributed by atoms with Gasteiger partial charge in [0.05, 0.1) is 23.7 Å². The van der Waals surface area contributed by atoms with Gasteiger partial charge in [0.2, 0.25) is 17.7 Å². The van der Waals surface area contributed by atoms with Crippen LogP contribution < -0.4 is 31.3 Å². The Hall–Kier alpha value is -10.1. The summed E-state index contributed by atoms with van der Waals surface area (Å²) in [5.41, 5.74) is 11.7. The highest BCUT2D eigenvalue weighted by atomic mass is 32.1. The number of hydrogen-bond acceptors (Lipinski definition) is 7. The van der Waals surface area contributed by atoms with Crippen molar-refractivity contribution in [2.24, 2.45) is 16.2 Å². The lowest BCUT2D eigenvalue weighted by atomic mass is 9.90. The van der Waals surface area contributed by atoms with Crippen LogP contribution in [0.2, 0.25) is 0 Å². The van der Waals surface area contributed by atoms with Crippen LogP contribution in [0, 0.1) is 16.2 Å². The van der Waals surface area contributed by atoms with E-state index in [1.807, 2.05) is 165 Å². The van der Waals surface area contributed by atoms with Gasteiger partial charge in [-0.25, -0.2) is 0 Å². The van der Waals surface area contributed by atoms with E-state index < -0.39 is 45.8 Å². The summed E-state index contributed by atoms with van der Waals surface area (Å²) in [6.07, 6.45) is 0. The van der Waals surface area contributed by atoms with E-state index in [9.17, 15) is 24.0 Å². The largest absolute Gasteiger partial charge is 0.483 e. The maximum Gasteiger partial charge on any atom is 0.262 e. The first-order valence-corrected chi connectivity index (χ1v) is 31.2. The van der Waals surface area contributed by atoms with Gasteiger partial charge in [0.15, 0.2) is 6.61 Å². The summed E-state index contributed by atoms with van der Waals surface area (Å²) in [6, 6.07) is 62.1. The molecule has 0 radical (unpaired) electrons. The van der Waals surface area contributed by atoms with Crippen molar-refractivity contribution in [1.82, 2.24) is 19.9 Å². The molecule has 15 nitrogen and oxygen atoms in total. The van der Waals surface area contributed by atoms with Crippen LogP contribution in [0.15, 0.2) is 194 Å². The molecule has 0 spiro atoms. The molecule has 2 atom stereocenters. The van der Waals surface area contributed by atoms with Gasteiger partial charge >= 0.3 is 0 Å². The molecule has 464 valence electrons. The molecule has 8 bridgehead atoms. The van der Waals surface area contributed by atoms with Crippen LogP contribution in [-0.2, 0) is 24.9 Å². The van der Waals surface area contributed by atoms with Crippen LogP contribution in [0.25, 0.3) is 0 Å². The molecule has 0 aliphatic carbocycles. The first kappa shape index (κ1) is 62.5. The van der Waals surface area contributed by atoms with E-state index in [0.29, 0.717) is 45.3 Å². The number of carbonyl (C=O) groups excluding carboxylic acids is 5. The maximum atomic E-state index is 14.4. The number of H-pyrrole nitrogens is 4. The van der Waals surface area contributed by atoms with Gasteiger partial charge in [-0.1, -0.05) is 159 Å². The van der Waals surface area contributed by atoms with Crippen molar-refractivity contribution in [2.75, 3.05) is 33.2 Å². The normalized spacial score (nSPS) is 15.7. The molecule has 11 rings (SSSR count). The quantitative estimate of drug-likeness (QED) is 0.0477. The smallest absolute Gasteiger partial charge is 0.262 e. The van der Waals surface area contributed by atoms with Crippen molar-refractivity contribution in [3.05, 3.63) is 273 Å². The van der Waals surface area contributed by atoms with E-state index in [-0.39, 0.29) is 36.0 Å². The summed E-state index contributed by atoms with van der Waals surface area (Å²) >= 11 is 4.61. The molecule has 9 N–H and O–H groups in total. The van der Waals surface area contributed by atoms with Crippen LogP contribution in [0.5, 0.6) is 5.75 Å². The highest BCUT2D eigenvalue weighted by molar-refractivity contribution is 7.79. The number of thiol groups is 1. The van der Waals surface area contributed by atoms with Crippen molar-refractivity contribution < 1.29 is 28.7 Å². The second kappa shape index (κ2) is 25.8. The Kier molecular flexibility index (Phi) is 17.7. The molecule has 6 aromatic carbocycles. The Bertz CT molecular complexity index is 4170. The highest BCUT2D eigenvalue weighted by Gasteiger charge is 2.35. The highest BCUT2D eigenvalue weighted by Crippen LogP contribution is 2.45. The van der Waals surface area contributed by atoms with E-state index in [1.165, 1.54) is 0 Å². The van der Waals surface area contributed by atoms with Gasteiger partial charge in [0.1, 0.15) is 5.75 Å². The second-order valence-electron chi connectivity index (χ2n) is 26.3. The van der Waals surface area contributed by atoms with E-state index >= 15 is 0 Å². The Labute approximate surface area is 536 Å². The first-order valence-electron chi connectivity index (χ1n) is 30.6. The zero-order valence-corrected chi connectivity index (χ0v) is 53.5. The minimum atomic E-state index is -0.703. The lowest BCUT2D eigenvalue weighted by Gasteiger charge is -2.25. The van der Waals surface area contributed by atoms with Crippen molar-refractivity contribution in [1.29, 1.82) is 0 Å². The molecule has 0 fully saturated rings. The number of benzene rings is 6. The van der Waals surface area contributed by atoms with Gasteiger partial charge in [0.25, 0.3) is 11.8 Å². The van der Waals surface area contributed by atoms with Crippen molar-refractivity contribution in [3.8, 4) is 5.75 Å². The topological polar surface area (TPSA) is 218 Å². The Morgan fingerprint density at radius 2 is 0.659 bits per heavy atom. The summed E-state index contributed by atoms with van der Waals surface area (Å²) < 4.78 is 6.26. The molecule has 1 aliphatic rings. The fourth-order valence-corrected chi connectivity index (χ4v) is 11.9. The van der Waals surface area contributed by atoms with Crippen LogP contribution in [0.1, 0.15) is 170 Å². The number of anilines is 5. The molecule has 5 heterocycles. The number of hydrogen-bond donors (Lipinski definition) is 10. The summed E-state index contributed by atoms with van der Waals surface area (Å²) in [5.74, 6) is -2.62. The fourth-order valence-electron chi connectivity index (χ4n) is 11.6. The van der Waals surface area contributed by atoms with Crippen molar-refractivity contribution in [2.45, 2.75) is 91.7 Å². The van der Waals surface area contributed by atoms with Crippen molar-refractivity contribution >= 4 is 70.6 Å². The average molecular weight is 1230 g/mol. The molecule has 0 saturated carbocycles. The Morgan fingerprint density at radius 3 is 0.978 bits per heavy atom. The van der Waals surface area contributed by atoms with Gasteiger partial charge in [-0.15, -0.1) is 0 Å². The fraction of sp³-hybridized carbons (Fsp3) is 0.240. The summed E-state index contributed by atoms with van der Waals surface area (Å²) in [7, 11) is 0. The molecule has 4 aromatic heterocycles. The van der Waals surface area contributed by atoms with Gasteiger partial charge in [-0.05, 0) is 119 Å². The maximum absolute atomic E-state index is 14.4. The first-order chi connectivity index (χ1) is 43.5.